The summed E-state index contributed by atoms with van der Waals surface area (Å²) < 4.78 is 6.91. The van der Waals surface area contributed by atoms with Crippen LogP contribution in [0, 0.1) is 0 Å². The lowest BCUT2D eigenvalue weighted by Gasteiger charge is -2.02. The molecule has 0 N–H and O–H groups in total. The largest absolute Gasteiger partial charge is 0.461 e. The lowest BCUT2D eigenvalue weighted by Crippen LogP contribution is -2.09. The quantitative estimate of drug-likeness (QED) is 0.682. The van der Waals surface area contributed by atoms with E-state index in [4.69, 9.17) is 4.74 Å². The van der Waals surface area contributed by atoms with Crippen molar-refractivity contribution in [1.29, 1.82) is 0 Å². The first-order chi connectivity index (χ1) is 9.83. The first-order valence-corrected chi connectivity index (χ1v) is 6.48. The molecule has 0 saturated heterocycles. The molecule has 100 valence electrons. The first-order valence-electron chi connectivity index (χ1n) is 6.48. The van der Waals surface area contributed by atoms with Gasteiger partial charge in [-0.05, 0) is 23.8 Å². The van der Waals surface area contributed by atoms with Crippen LogP contribution in [-0.4, -0.2) is 22.2 Å². The summed E-state index contributed by atoms with van der Waals surface area (Å²) in [5, 5.41) is 4.18. The van der Waals surface area contributed by atoms with Crippen LogP contribution in [0.25, 0.3) is 5.52 Å². The number of ether oxygens (including phenoxy) is 1. The highest BCUT2D eigenvalue weighted by atomic mass is 16.5. The summed E-state index contributed by atoms with van der Waals surface area (Å²) in [7, 11) is 0. The van der Waals surface area contributed by atoms with Gasteiger partial charge in [0, 0.05) is 12.6 Å². The van der Waals surface area contributed by atoms with Crippen molar-refractivity contribution in [3.8, 4) is 0 Å². The first kappa shape index (κ1) is 12.4. The monoisotopic (exact) mass is 266 g/mol. The number of hydrogen-bond acceptors (Lipinski definition) is 3. The van der Waals surface area contributed by atoms with Gasteiger partial charge < -0.3 is 4.74 Å². The third kappa shape index (κ3) is 2.69. The second-order valence-corrected chi connectivity index (χ2v) is 4.47. The van der Waals surface area contributed by atoms with E-state index < -0.39 is 0 Å². The van der Waals surface area contributed by atoms with Crippen LogP contribution in [0.2, 0.25) is 0 Å². The Hall–Kier alpha value is -2.62. The summed E-state index contributed by atoms with van der Waals surface area (Å²) in [4.78, 5) is 11.9. The number of benzene rings is 1. The number of carbonyl (C=O) groups excluding carboxylic acids is 1. The van der Waals surface area contributed by atoms with Gasteiger partial charge in [-0.15, -0.1) is 0 Å². The van der Waals surface area contributed by atoms with Crippen molar-refractivity contribution in [3.63, 3.8) is 0 Å². The molecule has 0 aliphatic rings. The van der Waals surface area contributed by atoms with Crippen LogP contribution in [0.1, 0.15) is 16.1 Å². The van der Waals surface area contributed by atoms with E-state index in [1.807, 2.05) is 48.5 Å². The molecular formula is C16H14N2O2. The van der Waals surface area contributed by atoms with Crippen molar-refractivity contribution in [2.45, 2.75) is 6.42 Å². The Kier molecular flexibility index (Phi) is 3.46. The number of aromatic nitrogens is 2. The number of carbonyl (C=O) groups is 1. The standard InChI is InChI=1S/C16H14N2O2/c19-16(20-11-9-13-6-2-1-3-7-13)15-12-14-8-4-5-10-18(14)17-15/h1-8,10,12H,9,11H2. The normalized spacial score (nSPS) is 10.6. The summed E-state index contributed by atoms with van der Waals surface area (Å²) in [6.45, 7) is 0.358. The second kappa shape index (κ2) is 5.57. The van der Waals surface area contributed by atoms with Crippen molar-refractivity contribution < 1.29 is 9.53 Å². The van der Waals surface area contributed by atoms with Crippen LogP contribution in [0.3, 0.4) is 0 Å². The zero-order chi connectivity index (χ0) is 13.8. The molecule has 20 heavy (non-hydrogen) atoms. The number of hydrogen-bond donors (Lipinski definition) is 0. The van der Waals surface area contributed by atoms with Crippen molar-refractivity contribution in [1.82, 2.24) is 9.61 Å². The zero-order valence-electron chi connectivity index (χ0n) is 10.9. The Morgan fingerprint density at radius 3 is 2.70 bits per heavy atom. The van der Waals surface area contributed by atoms with E-state index in [9.17, 15) is 4.79 Å². The van der Waals surface area contributed by atoms with Crippen LogP contribution >= 0.6 is 0 Å². The molecule has 3 rings (SSSR count). The van der Waals surface area contributed by atoms with Crippen LogP contribution < -0.4 is 0 Å². The lowest BCUT2D eigenvalue weighted by atomic mass is 10.2. The maximum Gasteiger partial charge on any atom is 0.358 e. The minimum absolute atomic E-state index is 0.337. The smallest absolute Gasteiger partial charge is 0.358 e. The van der Waals surface area contributed by atoms with Gasteiger partial charge >= 0.3 is 5.97 Å². The molecule has 0 aliphatic carbocycles. The molecule has 3 aromatic rings. The van der Waals surface area contributed by atoms with Crippen LogP contribution in [0.5, 0.6) is 0 Å². The van der Waals surface area contributed by atoms with Gasteiger partial charge in [-0.1, -0.05) is 36.4 Å². The van der Waals surface area contributed by atoms with E-state index in [1.54, 1.807) is 16.8 Å². The Balaban J connectivity index is 1.61. The molecule has 0 fully saturated rings. The van der Waals surface area contributed by atoms with Crippen molar-refractivity contribution in [2.24, 2.45) is 0 Å². The third-order valence-corrected chi connectivity index (χ3v) is 3.05. The Morgan fingerprint density at radius 2 is 1.90 bits per heavy atom. The van der Waals surface area contributed by atoms with Gasteiger partial charge in [0.2, 0.25) is 0 Å². The molecule has 0 amide bonds. The zero-order valence-corrected chi connectivity index (χ0v) is 10.9. The average molecular weight is 266 g/mol. The van der Waals surface area contributed by atoms with Gasteiger partial charge in [0.15, 0.2) is 5.69 Å². The van der Waals surface area contributed by atoms with Gasteiger partial charge in [0.25, 0.3) is 0 Å². The molecule has 4 nitrogen and oxygen atoms in total. The molecule has 0 atom stereocenters. The Morgan fingerprint density at radius 1 is 1.10 bits per heavy atom. The molecule has 0 saturated carbocycles. The minimum Gasteiger partial charge on any atom is -0.461 e. The Bertz CT molecular complexity index is 686. The molecule has 0 aliphatic heterocycles. The van der Waals surface area contributed by atoms with Crippen molar-refractivity contribution in [3.05, 3.63) is 72.1 Å². The summed E-state index contributed by atoms with van der Waals surface area (Å²) >= 11 is 0. The van der Waals surface area contributed by atoms with E-state index in [2.05, 4.69) is 5.10 Å². The number of rotatable bonds is 4. The summed E-state index contributed by atoms with van der Waals surface area (Å²) in [5.41, 5.74) is 2.36. The molecule has 0 bridgehead atoms. The molecule has 2 aromatic heterocycles. The number of fused-ring (bicyclic) bond motifs is 1. The maximum atomic E-state index is 11.9. The van der Waals surface area contributed by atoms with E-state index in [1.165, 1.54) is 0 Å². The van der Waals surface area contributed by atoms with Gasteiger partial charge in [-0.3, -0.25) is 0 Å². The highest BCUT2D eigenvalue weighted by Crippen LogP contribution is 2.07. The van der Waals surface area contributed by atoms with E-state index >= 15 is 0 Å². The third-order valence-electron chi connectivity index (χ3n) is 3.05. The molecule has 2 heterocycles. The van der Waals surface area contributed by atoms with E-state index in [0.29, 0.717) is 18.7 Å². The lowest BCUT2D eigenvalue weighted by molar-refractivity contribution is 0.0502. The predicted octanol–water partition coefficient (Wildman–Crippen LogP) is 2.73. The van der Waals surface area contributed by atoms with Crippen molar-refractivity contribution in [2.75, 3.05) is 6.61 Å². The number of esters is 1. The topological polar surface area (TPSA) is 43.6 Å². The summed E-state index contributed by atoms with van der Waals surface area (Å²) in [6, 6.07) is 17.3. The highest BCUT2D eigenvalue weighted by molar-refractivity contribution is 5.88. The van der Waals surface area contributed by atoms with Gasteiger partial charge in [-0.2, -0.15) is 5.10 Å². The van der Waals surface area contributed by atoms with Gasteiger partial charge in [0.1, 0.15) is 0 Å². The minimum atomic E-state index is -0.385. The number of nitrogens with zero attached hydrogens (tertiary/aromatic N) is 2. The summed E-state index contributed by atoms with van der Waals surface area (Å²) in [6.07, 6.45) is 2.51. The fraction of sp³-hybridized carbons (Fsp3) is 0.125. The van der Waals surface area contributed by atoms with Crippen molar-refractivity contribution >= 4 is 11.5 Å². The second-order valence-electron chi connectivity index (χ2n) is 4.47. The molecular weight excluding hydrogens is 252 g/mol. The predicted molar refractivity (Wildman–Crippen MR) is 75.6 cm³/mol. The average Bonchev–Trinajstić information content (AvgIpc) is 2.92. The molecule has 4 heteroatoms. The SMILES string of the molecule is O=C(OCCc1ccccc1)c1cc2ccccn2n1. The molecule has 0 spiro atoms. The fourth-order valence-corrected chi connectivity index (χ4v) is 2.02. The van der Waals surface area contributed by atoms with Gasteiger partial charge in [-0.25, -0.2) is 9.31 Å². The van der Waals surface area contributed by atoms with Crippen LogP contribution in [0.4, 0.5) is 0 Å². The molecule has 0 radical (unpaired) electrons. The van der Waals surface area contributed by atoms with E-state index in [-0.39, 0.29) is 5.97 Å². The van der Waals surface area contributed by atoms with Crippen LogP contribution in [-0.2, 0) is 11.2 Å². The fourth-order valence-electron chi connectivity index (χ4n) is 2.02. The molecule has 0 unspecified atom stereocenters. The van der Waals surface area contributed by atoms with Gasteiger partial charge in [0.05, 0.1) is 12.1 Å². The molecule has 1 aromatic carbocycles. The Labute approximate surface area is 116 Å². The number of pyridine rings is 1. The maximum absolute atomic E-state index is 11.9. The van der Waals surface area contributed by atoms with E-state index in [0.717, 1.165) is 11.1 Å². The van der Waals surface area contributed by atoms with Crippen LogP contribution in [0.15, 0.2) is 60.8 Å². The highest BCUT2D eigenvalue weighted by Gasteiger charge is 2.11. The summed E-state index contributed by atoms with van der Waals surface area (Å²) in [5.74, 6) is -0.385.